The van der Waals surface area contributed by atoms with E-state index in [2.05, 4.69) is 59.3 Å². The number of carbonyl (C=O) groups is 1. The second kappa shape index (κ2) is 11.9. The maximum atomic E-state index is 12.9. The number of hydrogen-bond acceptors (Lipinski definition) is 4. The van der Waals surface area contributed by atoms with Gasteiger partial charge in [0.25, 0.3) is 0 Å². The van der Waals surface area contributed by atoms with Crippen LogP contribution in [0, 0.1) is 13.8 Å². The van der Waals surface area contributed by atoms with Gasteiger partial charge in [0.15, 0.2) is 0 Å². The number of benzene rings is 2. The van der Waals surface area contributed by atoms with Crippen molar-refractivity contribution in [2.24, 2.45) is 0 Å². The average molecular weight is 464 g/mol. The van der Waals surface area contributed by atoms with Crippen molar-refractivity contribution in [3.63, 3.8) is 0 Å². The Labute approximate surface area is 205 Å². The summed E-state index contributed by atoms with van der Waals surface area (Å²) in [5.41, 5.74) is 4.64. The van der Waals surface area contributed by atoms with Crippen LogP contribution in [-0.4, -0.2) is 61.6 Å². The molecule has 2 aromatic rings. The second-order valence-corrected chi connectivity index (χ2v) is 10.1. The number of likely N-dealkylation sites (tertiary alicyclic amines) is 2. The minimum atomic E-state index is 0.0769. The second-order valence-electron chi connectivity index (χ2n) is 10.1. The summed E-state index contributed by atoms with van der Waals surface area (Å²) >= 11 is 0. The Morgan fingerprint density at radius 2 is 1.68 bits per heavy atom. The van der Waals surface area contributed by atoms with Crippen LogP contribution in [0.2, 0.25) is 0 Å². The Hall–Kier alpha value is -2.37. The zero-order valence-electron chi connectivity index (χ0n) is 21.2. The van der Waals surface area contributed by atoms with Gasteiger partial charge in [0.05, 0.1) is 19.6 Å². The predicted octanol–water partition coefficient (Wildman–Crippen LogP) is 4.66. The fraction of sp³-hybridized carbons (Fsp3) is 0.552. The number of para-hydroxylation sites is 1. The molecule has 0 aliphatic carbocycles. The highest BCUT2D eigenvalue weighted by atomic mass is 16.5. The molecule has 0 radical (unpaired) electrons. The molecule has 0 bridgehead atoms. The van der Waals surface area contributed by atoms with Crippen LogP contribution in [0.15, 0.2) is 42.5 Å². The number of piperidine rings is 2. The van der Waals surface area contributed by atoms with Crippen molar-refractivity contribution in [3.05, 3.63) is 64.7 Å². The van der Waals surface area contributed by atoms with Crippen LogP contribution in [0.1, 0.15) is 60.4 Å². The molecule has 1 atom stereocenters. The van der Waals surface area contributed by atoms with E-state index < -0.39 is 0 Å². The van der Waals surface area contributed by atoms with Crippen LogP contribution in [0.5, 0.6) is 5.75 Å². The van der Waals surface area contributed by atoms with Crippen LogP contribution in [0.3, 0.4) is 0 Å². The fourth-order valence-electron chi connectivity index (χ4n) is 5.85. The van der Waals surface area contributed by atoms with E-state index in [0.29, 0.717) is 19.0 Å². The molecule has 2 aliphatic rings. The van der Waals surface area contributed by atoms with E-state index in [1.165, 1.54) is 56.3 Å². The monoisotopic (exact) mass is 463 g/mol. The third-order valence-corrected chi connectivity index (χ3v) is 7.48. The molecule has 0 saturated carbocycles. The van der Waals surface area contributed by atoms with Crippen molar-refractivity contribution in [3.8, 4) is 5.75 Å². The third kappa shape index (κ3) is 6.39. The van der Waals surface area contributed by atoms with Crippen LogP contribution >= 0.6 is 0 Å². The van der Waals surface area contributed by atoms with Gasteiger partial charge in [-0.2, -0.15) is 0 Å². The topological polar surface area (TPSA) is 44.8 Å². The van der Waals surface area contributed by atoms with E-state index >= 15 is 0 Å². The normalized spacial score (nSPS) is 19.0. The van der Waals surface area contributed by atoms with Gasteiger partial charge in [0.1, 0.15) is 5.75 Å². The molecule has 0 aromatic heterocycles. The van der Waals surface area contributed by atoms with Crippen molar-refractivity contribution >= 4 is 5.91 Å². The Kier molecular flexibility index (Phi) is 8.63. The van der Waals surface area contributed by atoms with Gasteiger partial charge in [0, 0.05) is 31.2 Å². The molecule has 184 valence electrons. The number of amides is 1. The highest BCUT2D eigenvalue weighted by Gasteiger charge is 2.31. The number of ether oxygens (including phenoxy) is 1. The molecule has 1 amide bonds. The Morgan fingerprint density at radius 3 is 2.35 bits per heavy atom. The van der Waals surface area contributed by atoms with Crippen molar-refractivity contribution < 1.29 is 9.53 Å². The number of nitrogens with zero attached hydrogens (tertiary/aromatic N) is 2. The maximum absolute atomic E-state index is 12.9. The molecule has 0 spiro atoms. The van der Waals surface area contributed by atoms with E-state index in [-0.39, 0.29) is 11.9 Å². The van der Waals surface area contributed by atoms with E-state index in [9.17, 15) is 4.79 Å². The number of nitrogens with one attached hydrogen (secondary N) is 1. The zero-order valence-corrected chi connectivity index (χ0v) is 21.2. The first kappa shape index (κ1) is 24.7. The minimum absolute atomic E-state index is 0.0769. The lowest BCUT2D eigenvalue weighted by atomic mass is 9.96. The molecule has 2 heterocycles. The summed E-state index contributed by atoms with van der Waals surface area (Å²) < 4.78 is 5.71. The summed E-state index contributed by atoms with van der Waals surface area (Å²) in [5, 5.41) is 3.25. The first-order chi connectivity index (χ1) is 16.5. The highest BCUT2D eigenvalue weighted by Crippen LogP contribution is 2.32. The SMILES string of the molecule is COc1ccccc1C(CNC(=O)Cc1cc(C)cc(C)c1)N1CCC(N2CCCCC2)CC1. The van der Waals surface area contributed by atoms with Crippen LogP contribution in [0.25, 0.3) is 0 Å². The van der Waals surface area contributed by atoms with Gasteiger partial charge < -0.3 is 15.0 Å². The van der Waals surface area contributed by atoms with Gasteiger partial charge in [-0.25, -0.2) is 0 Å². The molecule has 1 N–H and O–H groups in total. The number of rotatable bonds is 8. The molecule has 2 aliphatic heterocycles. The minimum Gasteiger partial charge on any atom is -0.496 e. The summed E-state index contributed by atoms with van der Waals surface area (Å²) in [4.78, 5) is 18.2. The standard InChI is InChI=1S/C29H41N3O2/c1-22-17-23(2)19-24(18-22)20-29(33)30-21-27(26-9-5-6-10-28(26)34-3)32-15-11-25(12-16-32)31-13-7-4-8-14-31/h5-6,9-10,17-19,25,27H,4,7-8,11-16,20-21H2,1-3H3,(H,30,33). The molecule has 4 rings (SSSR count). The number of methoxy groups -OCH3 is 1. The fourth-order valence-corrected chi connectivity index (χ4v) is 5.85. The van der Waals surface area contributed by atoms with Gasteiger partial charge >= 0.3 is 0 Å². The zero-order chi connectivity index (χ0) is 23.9. The van der Waals surface area contributed by atoms with Crippen molar-refractivity contribution in [2.45, 2.75) is 64.5 Å². The van der Waals surface area contributed by atoms with Gasteiger partial charge in [-0.1, -0.05) is 53.9 Å². The molecule has 2 fully saturated rings. The lowest BCUT2D eigenvalue weighted by Crippen LogP contribution is -2.49. The summed E-state index contributed by atoms with van der Waals surface area (Å²) in [7, 11) is 1.73. The molecule has 1 unspecified atom stereocenters. The third-order valence-electron chi connectivity index (χ3n) is 7.48. The molecule has 2 saturated heterocycles. The Balaban J connectivity index is 1.43. The van der Waals surface area contributed by atoms with E-state index in [4.69, 9.17) is 4.74 Å². The van der Waals surface area contributed by atoms with E-state index in [0.717, 1.165) is 30.0 Å². The largest absolute Gasteiger partial charge is 0.496 e. The average Bonchev–Trinajstić information content (AvgIpc) is 2.85. The molecule has 5 heteroatoms. The maximum Gasteiger partial charge on any atom is 0.224 e. The Bertz CT molecular complexity index is 926. The molecular formula is C29H41N3O2. The highest BCUT2D eigenvalue weighted by molar-refractivity contribution is 5.78. The van der Waals surface area contributed by atoms with Crippen LogP contribution in [-0.2, 0) is 11.2 Å². The van der Waals surface area contributed by atoms with E-state index in [1.807, 2.05) is 12.1 Å². The first-order valence-electron chi connectivity index (χ1n) is 13.0. The summed E-state index contributed by atoms with van der Waals surface area (Å²) in [6.07, 6.45) is 6.88. The number of aryl methyl sites for hydroxylation is 2. The van der Waals surface area contributed by atoms with Crippen molar-refractivity contribution in [2.75, 3.05) is 39.8 Å². The van der Waals surface area contributed by atoms with Gasteiger partial charge in [0.2, 0.25) is 5.91 Å². The predicted molar refractivity (Wildman–Crippen MR) is 138 cm³/mol. The number of hydrogen-bond donors (Lipinski definition) is 1. The summed E-state index contributed by atoms with van der Waals surface area (Å²) in [6, 6.07) is 15.4. The van der Waals surface area contributed by atoms with Crippen molar-refractivity contribution in [1.82, 2.24) is 15.1 Å². The molecule has 5 nitrogen and oxygen atoms in total. The summed E-state index contributed by atoms with van der Waals surface area (Å²) in [5.74, 6) is 0.974. The lowest BCUT2D eigenvalue weighted by Gasteiger charge is -2.43. The van der Waals surface area contributed by atoms with Gasteiger partial charge in [-0.05, 0) is 64.3 Å². The van der Waals surface area contributed by atoms with E-state index in [1.54, 1.807) is 7.11 Å². The van der Waals surface area contributed by atoms with Crippen LogP contribution < -0.4 is 10.1 Å². The quantitative estimate of drug-likeness (QED) is 0.618. The summed E-state index contributed by atoms with van der Waals surface area (Å²) in [6.45, 7) is 9.38. The smallest absolute Gasteiger partial charge is 0.224 e. The van der Waals surface area contributed by atoms with Crippen LogP contribution in [0.4, 0.5) is 0 Å². The van der Waals surface area contributed by atoms with Crippen molar-refractivity contribution in [1.29, 1.82) is 0 Å². The molecule has 34 heavy (non-hydrogen) atoms. The number of carbonyl (C=O) groups excluding carboxylic acids is 1. The molecule has 2 aromatic carbocycles. The lowest BCUT2D eigenvalue weighted by molar-refractivity contribution is -0.120. The van der Waals surface area contributed by atoms with Gasteiger partial charge in [-0.3, -0.25) is 9.69 Å². The Morgan fingerprint density at radius 1 is 1.00 bits per heavy atom. The molecular weight excluding hydrogens is 422 g/mol. The van der Waals surface area contributed by atoms with Gasteiger partial charge in [-0.15, -0.1) is 0 Å². The first-order valence-corrected chi connectivity index (χ1v) is 13.0.